The summed E-state index contributed by atoms with van der Waals surface area (Å²) in [7, 11) is 0. The van der Waals surface area contributed by atoms with Crippen LogP contribution in [0.4, 0.5) is 10.1 Å². The van der Waals surface area contributed by atoms with Gasteiger partial charge in [0.25, 0.3) is 0 Å². The molecule has 3 nitrogen and oxygen atoms in total. The quantitative estimate of drug-likeness (QED) is 0.648. The van der Waals surface area contributed by atoms with Gasteiger partial charge in [-0.2, -0.15) is 0 Å². The Balaban J connectivity index is 2.13. The van der Waals surface area contributed by atoms with Crippen molar-refractivity contribution in [3.8, 4) is 0 Å². The van der Waals surface area contributed by atoms with Gasteiger partial charge in [-0.1, -0.05) is 0 Å². The Bertz CT molecular complexity index is 290. The Morgan fingerprint density at radius 3 is 2.69 bits per heavy atom. The van der Waals surface area contributed by atoms with Crippen LogP contribution in [-0.2, 0) is 0 Å². The second kappa shape index (κ2) is 3.46. The first-order valence-corrected chi connectivity index (χ1v) is 4.50. The van der Waals surface area contributed by atoms with Gasteiger partial charge in [-0.05, 0) is 18.0 Å². The Labute approximate surface area is 80.6 Å². The molecule has 1 aromatic heterocycles. The van der Waals surface area contributed by atoms with Crippen molar-refractivity contribution in [3.05, 3.63) is 17.7 Å². The largest absolute Gasteiger partial charge is 0.366 e. The lowest BCUT2D eigenvalue weighted by molar-refractivity contribution is 0.364. The maximum atomic E-state index is 12.8. The monoisotopic (exact) mass is 201 g/mol. The molecule has 0 spiro atoms. The zero-order valence-electron chi connectivity index (χ0n) is 6.95. The smallest absolute Gasteiger partial charge is 0.222 e. The summed E-state index contributed by atoms with van der Waals surface area (Å²) in [5.41, 5.74) is 0.838. The molecule has 0 unspecified atom stereocenters. The third-order valence-corrected chi connectivity index (χ3v) is 2.30. The van der Waals surface area contributed by atoms with Crippen LogP contribution in [0.25, 0.3) is 0 Å². The van der Waals surface area contributed by atoms with Gasteiger partial charge in [-0.25, -0.2) is 14.4 Å². The van der Waals surface area contributed by atoms with Crippen molar-refractivity contribution < 1.29 is 4.39 Å². The highest BCUT2D eigenvalue weighted by atomic mass is 35.5. The fraction of sp³-hybridized carbons (Fsp3) is 0.500. The highest BCUT2D eigenvalue weighted by Gasteiger charge is 2.22. The first-order valence-electron chi connectivity index (χ1n) is 4.12. The third kappa shape index (κ3) is 1.88. The highest BCUT2D eigenvalue weighted by Crippen LogP contribution is 2.20. The van der Waals surface area contributed by atoms with E-state index in [4.69, 9.17) is 11.6 Å². The summed E-state index contributed by atoms with van der Waals surface area (Å²) >= 11 is 5.53. The van der Waals surface area contributed by atoms with Gasteiger partial charge in [0.2, 0.25) is 5.28 Å². The summed E-state index contributed by atoms with van der Waals surface area (Å²) in [5, 5.41) is 0.222. The normalized spacial score (nSPS) is 22.3. The minimum absolute atomic E-state index is 0.222. The topological polar surface area (TPSA) is 29.0 Å². The molecule has 0 saturated carbocycles. The van der Waals surface area contributed by atoms with E-state index in [1.165, 1.54) is 0 Å². The Morgan fingerprint density at radius 1 is 1.46 bits per heavy atom. The molecule has 2 heterocycles. The van der Waals surface area contributed by atoms with E-state index in [-0.39, 0.29) is 5.28 Å². The molecule has 2 rings (SSSR count). The molecular formula is C8H9ClFN3. The van der Waals surface area contributed by atoms with Crippen molar-refractivity contribution >= 4 is 17.3 Å². The minimum Gasteiger partial charge on any atom is -0.366 e. The summed E-state index contributed by atoms with van der Waals surface area (Å²) in [6.45, 7) is 1.16. The van der Waals surface area contributed by atoms with E-state index >= 15 is 0 Å². The average molecular weight is 202 g/mol. The van der Waals surface area contributed by atoms with Crippen LogP contribution in [0.15, 0.2) is 12.4 Å². The van der Waals surface area contributed by atoms with Crippen molar-refractivity contribution in [2.75, 3.05) is 18.0 Å². The second-order valence-corrected chi connectivity index (χ2v) is 3.38. The molecule has 1 saturated heterocycles. The predicted molar refractivity (Wildman–Crippen MR) is 48.8 cm³/mol. The molecule has 1 fully saturated rings. The fourth-order valence-electron chi connectivity index (χ4n) is 1.42. The molecule has 1 aliphatic heterocycles. The van der Waals surface area contributed by atoms with Gasteiger partial charge in [0.15, 0.2) is 0 Å². The molecule has 0 aliphatic carbocycles. The van der Waals surface area contributed by atoms with E-state index in [0.29, 0.717) is 13.0 Å². The lowest BCUT2D eigenvalue weighted by atomic mass is 10.3. The molecule has 70 valence electrons. The van der Waals surface area contributed by atoms with Crippen LogP contribution >= 0.6 is 11.6 Å². The number of hydrogen-bond donors (Lipinski definition) is 0. The van der Waals surface area contributed by atoms with Crippen molar-refractivity contribution in [2.45, 2.75) is 12.6 Å². The van der Waals surface area contributed by atoms with Gasteiger partial charge >= 0.3 is 0 Å². The van der Waals surface area contributed by atoms with Crippen molar-refractivity contribution in [1.29, 1.82) is 0 Å². The summed E-state index contributed by atoms with van der Waals surface area (Å²) in [6.07, 6.45) is 3.10. The van der Waals surface area contributed by atoms with E-state index in [1.54, 1.807) is 12.4 Å². The van der Waals surface area contributed by atoms with E-state index in [2.05, 4.69) is 9.97 Å². The van der Waals surface area contributed by atoms with Crippen molar-refractivity contribution in [3.63, 3.8) is 0 Å². The number of aromatic nitrogens is 2. The van der Waals surface area contributed by atoms with Gasteiger partial charge in [0.1, 0.15) is 6.17 Å². The minimum atomic E-state index is -0.726. The molecule has 0 radical (unpaired) electrons. The third-order valence-electron chi connectivity index (χ3n) is 2.10. The zero-order chi connectivity index (χ0) is 9.26. The van der Waals surface area contributed by atoms with E-state index in [1.807, 2.05) is 4.90 Å². The van der Waals surface area contributed by atoms with Crippen LogP contribution in [-0.4, -0.2) is 29.2 Å². The second-order valence-electron chi connectivity index (χ2n) is 3.04. The van der Waals surface area contributed by atoms with Gasteiger partial charge in [-0.15, -0.1) is 0 Å². The molecule has 1 atom stereocenters. The van der Waals surface area contributed by atoms with Crippen LogP contribution in [0.1, 0.15) is 6.42 Å². The van der Waals surface area contributed by atoms with Crippen molar-refractivity contribution in [1.82, 2.24) is 9.97 Å². The van der Waals surface area contributed by atoms with Crippen LogP contribution in [0.2, 0.25) is 5.28 Å². The SMILES string of the molecule is F[C@@H]1CCN(c2cnc(Cl)nc2)C1. The summed E-state index contributed by atoms with van der Waals surface area (Å²) in [5.74, 6) is 0. The number of nitrogens with zero attached hydrogens (tertiary/aromatic N) is 3. The first kappa shape index (κ1) is 8.69. The summed E-state index contributed by atoms with van der Waals surface area (Å²) < 4.78 is 12.8. The predicted octanol–water partition coefficient (Wildman–Crippen LogP) is 1.68. The Morgan fingerprint density at radius 2 is 2.15 bits per heavy atom. The van der Waals surface area contributed by atoms with E-state index in [0.717, 1.165) is 12.2 Å². The molecule has 0 amide bonds. The number of anilines is 1. The fourth-order valence-corrected chi connectivity index (χ4v) is 1.52. The molecule has 13 heavy (non-hydrogen) atoms. The van der Waals surface area contributed by atoms with Gasteiger partial charge < -0.3 is 4.90 Å². The number of alkyl halides is 1. The van der Waals surface area contributed by atoms with Gasteiger partial charge in [0.05, 0.1) is 18.1 Å². The van der Waals surface area contributed by atoms with Crippen LogP contribution in [0, 0.1) is 0 Å². The zero-order valence-corrected chi connectivity index (χ0v) is 7.71. The Hall–Kier alpha value is -0.900. The summed E-state index contributed by atoms with van der Waals surface area (Å²) in [6, 6.07) is 0. The van der Waals surface area contributed by atoms with Gasteiger partial charge in [-0.3, -0.25) is 0 Å². The lowest BCUT2D eigenvalue weighted by Gasteiger charge is -2.15. The molecule has 5 heteroatoms. The molecule has 0 N–H and O–H groups in total. The van der Waals surface area contributed by atoms with E-state index in [9.17, 15) is 4.39 Å². The molecule has 1 aliphatic rings. The van der Waals surface area contributed by atoms with Crippen LogP contribution < -0.4 is 4.90 Å². The first-order chi connectivity index (χ1) is 6.25. The maximum Gasteiger partial charge on any atom is 0.222 e. The number of hydrogen-bond acceptors (Lipinski definition) is 3. The maximum absolute atomic E-state index is 12.8. The molecule has 0 bridgehead atoms. The molecule has 0 aromatic carbocycles. The molecular weight excluding hydrogens is 193 g/mol. The van der Waals surface area contributed by atoms with Crippen LogP contribution in [0.5, 0.6) is 0 Å². The molecule has 1 aromatic rings. The number of rotatable bonds is 1. The van der Waals surface area contributed by atoms with Gasteiger partial charge in [0, 0.05) is 13.1 Å². The highest BCUT2D eigenvalue weighted by molar-refractivity contribution is 6.28. The van der Waals surface area contributed by atoms with Crippen molar-refractivity contribution in [2.24, 2.45) is 0 Å². The lowest BCUT2D eigenvalue weighted by Crippen LogP contribution is -2.20. The number of halogens is 2. The standard InChI is InChI=1S/C8H9ClFN3/c9-8-11-3-7(4-12-8)13-2-1-6(10)5-13/h3-4,6H,1-2,5H2/t6-/m1/s1. The average Bonchev–Trinajstić information content (AvgIpc) is 2.53. The summed E-state index contributed by atoms with van der Waals surface area (Å²) in [4.78, 5) is 9.60. The van der Waals surface area contributed by atoms with Crippen LogP contribution in [0.3, 0.4) is 0 Å². The van der Waals surface area contributed by atoms with E-state index < -0.39 is 6.17 Å². The Kier molecular flexibility index (Phi) is 2.31.